The number of fused-ring (bicyclic) bond motifs is 1. The Bertz CT molecular complexity index is 1070. The molecule has 0 saturated heterocycles. The Morgan fingerprint density at radius 3 is 2.93 bits per heavy atom. The van der Waals surface area contributed by atoms with Crippen LogP contribution >= 0.6 is 15.9 Å². The van der Waals surface area contributed by atoms with Crippen molar-refractivity contribution in [1.29, 1.82) is 0 Å². The molecule has 1 aromatic heterocycles. The highest BCUT2D eigenvalue weighted by Gasteiger charge is 2.15. The maximum Gasteiger partial charge on any atom is 0.263 e. The summed E-state index contributed by atoms with van der Waals surface area (Å²) in [5.41, 5.74) is 5.09. The average Bonchev–Trinajstić information content (AvgIpc) is 3.31. The summed E-state index contributed by atoms with van der Waals surface area (Å²) in [5, 5.41) is 16.1. The van der Waals surface area contributed by atoms with Crippen molar-refractivity contribution in [2.75, 3.05) is 6.79 Å². The van der Waals surface area contributed by atoms with E-state index in [9.17, 15) is 4.79 Å². The molecule has 10 heteroatoms. The van der Waals surface area contributed by atoms with E-state index >= 15 is 0 Å². The van der Waals surface area contributed by atoms with Gasteiger partial charge in [0.05, 0.1) is 6.21 Å². The second-order valence-corrected chi connectivity index (χ2v) is 6.83. The molecule has 0 radical (unpaired) electrons. The topological polar surface area (TPSA) is 104 Å². The fourth-order valence-corrected chi connectivity index (χ4v) is 3.04. The number of hydrogen-bond acceptors (Lipinski definition) is 7. The molecule has 0 fully saturated rings. The normalized spacial score (nSPS) is 12.5. The predicted octanol–water partition coefficient (Wildman–Crippen LogP) is 2.29. The molecule has 0 bridgehead atoms. The minimum atomic E-state index is -0.373. The summed E-state index contributed by atoms with van der Waals surface area (Å²) in [7, 11) is 0. The predicted molar refractivity (Wildman–Crippen MR) is 104 cm³/mol. The molecule has 0 unspecified atom stereocenters. The molecule has 4 rings (SSSR count). The summed E-state index contributed by atoms with van der Waals surface area (Å²) in [6.07, 6.45) is 1.51. The third kappa shape index (κ3) is 3.86. The van der Waals surface area contributed by atoms with E-state index < -0.39 is 0 Å². The van der Waals surface area contributed by atoms with Gasteiger partial charge in [-0.3, -0.25) is 4.79 Å². The molecular formula is C18H15BrN6O3. The number of nitrogens with one attached hydrogen (secondary N) is 1. The van der Waals surface area contributed by atoms with Gasteiger partial charge in [-0.2, -0.15) is 9.90 Å². The Morgan fingerprint density at radius 1 is 1.32 bits per heavy atom. The summed E-state index contributed by atoms with van der Waals surface area (Å²) in [5.74, 6) is 1.39. The van der Waals surface area contributed by atoms with E-state index in [2.05, 4.69) is 41.9 Å². The number of benzene rings is 2. The molecule has 3 aromatic rings. The Morgan fingerprint density at radius 2 is 2.11 bits per heavy atom. The van der Waals surface area contributed by atoms with Crippen LogP contribution in [0.1, 0.15) is 11.1 Å². The zero-order chi connectivity index (χ0) is 19.5. The number of carbonyl (C=O) groups is 1. The van der Waals surface area contributed by atoms with Crippen molar-refractivity contribution in [2.45, 2.75) is 13.5 Å². The van der Waals surface area contributed by atoms with E-state index in [-0.39, 0.29) is 19.2 Å². The maximum atomic E-state index is 12.1. The van der Waals surface area contributed by atoms with Crippen molar-refractivity contribution in [3.63, 3.8) is 0 Å². The van der Waals surface area contributed by atoms with Gasteiger partial charge in [-0.15, -0.1) is 10.2 Å². The first-order valence-electron chi connectivity index (χ1n) is 8.35. The highest BCUT2D eigenvalue weighted by atomic mass is 79.9. The van der Waals surface area contributed by atoms with Crippen LogP contribution < -0.4 is 14.9 Å². The van der Waals surface area contributed by atoms with Gasteiger partial charge in [0.25, 0.3) is 5.91 Å². The highest BCUT2D eigenvalue weighted by Crippen LogP contribution is 2.36. The Labute approximate surface area is 168 Å². The molecule has 2 heterocycles. The number of aryl methyl sites for hydroxylation is 1. The van der Waals surface area contributed by atoms with Gasteiger partial charge in [-0.1, -0.05) is 24.3 Å². The van der Waals surface area contributed by atoms with E-state index in [1.54, 1.807) is 12.1 Å². The summed E-state index contributed by atoms with van der Waals surface area (Å²) < 4.78 is 11.4. The molecule has 1 amide bonds. The Hall–Kier alpha value is -3.27. The lowest BCUT2D eigenvalue weighted by Gasteiger charge is -2.02. The number of amides is 1. The van der Waals surface area contributed by atoms with Crippen molar-refractivity contribution >= 4 is 28.1 Å². The van der Waals surface area contributed by atoms with Crippen LogP contribution in [-0.4, -0.2) is 39.1 Å². The van der Waals surface area contributed by atoms with Crippen molar-refractivity contribution in [1.82, 2.24) is 25.6 Å². The zero-order valence-corrected chi connectivity index (χ0v) is 16.4. The average molecular weight is 443 g/mol. The first-order valence-corrected chi connectivity index (χ1v) is 9.14. The van der Waals surface area contributed by atoms with Crippen LogP contribution in [0.5, 0.6) is 11.5 Å². The van der Waals surface area contributed by atoms with Crippen molar-refractivity contribution in [3.8, 4) is 22.9 Å². The number of ether oxygens (including phenoxy) is 2. The Kier molecular flexibility index (Phi) is 5.02. The molecule has 1 aliphatic rings. The van der Waals surface area contributed by atoms with Gasteiger partial charge >= 0.3 is 0 Å². The molecule has 0 aliphatic carbocycles. The molecule has 1 aliphatic heterocycles. The van der Waals surface area contributed by atoms with Crippen LogP contribution in [0.4, 0.5) is 0 Å². The minimum Gasteiger partial charge on any atom is -0.454 e. The third-order valence-corrected chi connectivity index (χ3v) is 4.70. The molecule has 9 nitrogen and oxygen atoms in total. The quantitative estimate of drug-likeness (QED) is 0.480. The molecule has 0 spiro atoms. The largest absolute Gasteiger partial charge is 0.454 e. The number of hydrogen-bond donors (Lipinski definition) is 1. The first-order chi connectivity index (χ1) is 13.6. The number of nitrogens with zero attached hydrogens (tertiary/aromatic N) is 5. The van der Waals surface area contributed by atoms with Crippen molar-refractivity contribution < 1.29 is 14.3 Å². The lowest BCUT2D eigenvalue weighted by molar-refractivity contribution is -0.122. The van der Waals surface area contributed by atoms with Gasteiger partial charge < -0.3 is 9.47 Å². The Balaban J connectivity index is 1.38. The molecular weight excluding hydrogens is 428 g/mol. The zero-order valence-electron chi connectivity index (χ0n) is 14.8. The fourth-order valence-electron chi connectivity index (χ4n) is 2.61. The van der Waals surface area contributed by atoms with Crippen LogP contribution in [0.3, 0.4) is 0 Å². The lowest BCUT2D eigenvalue weighted by atomic mass is 10.1. The van der Waals surface area contributed by atoms with Gasteiger partial charge in [0.1, 0.15) is 6.54 Å². The number of rotatable bonds is 5. The molecule has 0 saturated carbocycles. The second-order valence-electron chi connectivity index (χ2n) is 5.98. The number of tetrazole rings is 1. The fraction of sp³-hybridized carbons (Fsp3) is 0.167. The number of halogens is 1. The van der Waals surface area contributed by atoms with Crippen molar-refractivity contribution in [3.05, 3.63) is 52.0 Å². The van der Waals surface area contributed by atoms with E-state index in [1.807, 2.05) is 31.2 Å². The smallest absolute Gasteiger partial charge is 0.263 e. The van der Waals surface area contributed by atoms with Crippen LogP contribution in [0.15, 0.2) is 46.0 Å². The minimum absolute atomic E-state index is 0.0987. The van der Waals surface area contributed by atoms with E-state index in [4.69, 9.17) is 9.47 Å². The third-order valence-electron chi connectivity index (χ3n) is 4.01. The molecule has 0 atom stereocenters. The number of hydrazone groups is 1. The summed E-state index contributed by atoms with van der Waals surface area (Å²) in [6.45, 7) is 2.05. The van der Waals surface area contributed by atoms with Gasteiger partial charge in [-0.25, -0.2) is 5.43 Å². The maximum absolute atomic E-state index is 12.1. The van der Waals surface area contributed by atoms with E-state index in [1.165, 1.54) is 11.0 Å². The van der Waals surface area contributed by atoms with Crippen LogP contribution in [0.2, 0.25) is 0 Å². The lowest BCUT2D eigenvalue weighted by Crippen LogP contribution is -2.24. The number of aromatic nitrogens is 4. The standard InChI is InChI=1S/C18H15BrN6O3/c1-11-4-2-3-5-13(11)18-22-24-25(23-18)9-17(26)21-20-8-12-6-15-16(7-14(12)19)28-10-27-15/h2-8H,9-10H2,1H3,(H,21,26)/b20-8-. The van der Waals surface area contributed by atoms with Gasteiger partial charge in [0, 0.05) is 15.6 Å². The van der Waals surface area contributed by atoms with E-state index in [0.29, 0.717) is 17.3 Å². The van der Waals surface area contributed by atoms with Crippen molar-refractivity contribution in [2.24, 2.45) is 5.10 Å². The van der Waals surface area contributed by atoms with Crippen LogP contribution in [0, 0.1) is 6.92 Å². The first kappa shape index (κ1) is 18.1. The van der Waals surface area contributed by atoms with E-state index in [0.717, 1.165) is 21.2 Å². The van der Waals surface area contributed by atoms with Gasteiger partial charge in [0.2, 0.25) is 12.6 Å². The van der Waals surface area contributed by atoms with Crippen LogP contribution in [-0.2, 0) is 11.3 Å². The summed E-state index contributed by atoms with van der Waals surface area (Å²) >= 11 is 3.43. The highest BCUT2D eigenvalue weighted by molar-refractivity contribution is 9.10. The summed E-state index contributed by atoms with van der Waals surface area (Å²) in [6, 6.07) is 11.3. The SMILES string of the molecule is Cc1ccccc1-c1nnn(CC(=O)N/N=C\c2cc3c(cc2Br)OCO3)n1. The molecule has 2 aromatic carbocycles. The molecule has 142 valence electrons. The molecule has 28 heavy (non-hydrogen) atoms. The second kappa shape index (κ2) is 7.77. The monoisotopic (exact) mass is 442 g/mol. The van der Waals surface area contributed by atoms with Crippen LogP contribution in [0.25, 0.3) is 11.4 Å². The summed E-state index contributed by atoms with van der Waals surface area (Å²) in [4.78, 5) is 13.3. The molecule has 1 N–H and O–H groups in total. The van der Waals surface area contributed by atoms with Gasteiger partial charge in [-0.05, 0) is 45.8 Å². The number of carbonyl (C=O) groups excluding carboxylic acids is 1. The van der Waals surface area contributed by atoms with Gasteiger partial charge in [0.15, 0.2) is 11.5 Å².